The number of methoxy groups -OCH3 is 1. The summed E-state index contributed by atoms with van der Waals surface area (Å²) >= 11 is 0. The van der Waals surface area contributed by atoms with Crippen LogP contribution < -0.4 is 0 Å². The lowest BCUT2D eigenvalue weighted by atomic mass is 9.84. The molecule has 82 valence electrons. The molecule has 0 N–H and O–H groups in total. The smallest absolute Gasteiger partial charge is 0.337 e. The summed E-state index contributed by atoms with van der Waals surface area (Å²) in [5, 5.41) is 0. The first-order valence-corrected chi connectivity index (χ1v) is 5.28. The van der Waals surface area contributed by atoms with Gasteiger partial charge in [0.05, 0.1) is 12.7 Å². The van der Waals surface area contributed by atoms with E-state index in [1.54, 1.807) is 6.08 Å². The highest BCUT2D eigenvalue weighted by Crippen LogP contribution is 2.18. The van der Waals surface area contributed by atoms with Crippen molar-refractivity contribution in [3.63, 3.8) is 0 Å². The predicted octanol–water partition coefficient (Wildman–Crippen LogP) is 2.74. The van der Waals surface area contributed by atoms with E-state index in [-0.39, 0.29) is 5.97 Å². The third kappa shape index (κ3) is 4.37. The average Bonchev–Trinajstić information content (AvgIpc) is 2.25. The number of carbonyl (C=O) groups is 1. The van der Waals surface area contributed by atoms with Crippen molar-refractivity contribution in [1.29, 1.82) is 0 Å². The van der Waals surface area contributed by atoms with Gasteiger partial charge in [-0.05, 0) is 26.7 Å². The van der Waals surface area contributed by atoms with Crippen LogP contribution in [0.15, 0.2) is 22.7 Å². The molecule has 0 aliphatic heterocycles. The monoisotopic (exact) mass is 206 g/mol. The molecule has 0 amide bonds. The number of hydrogen-bond acceptors (Lipinski definition) is 2. The molecule has 0 unspecified atom stereocenters. The molecule has 3 heteroatoms. The molecule has 0 saturated carbocycles. The SMILES string of the molecule is [B]C(=C/C)/C(C(=O)OC)=C(\C)CCCC. The fraction of sp³-hybridized carbons (Fsp3) is 0.583. The van der Waals surface area contributed by atoms with Crippen LogP contribution in [-0.4, -0.2) is 20.9 Å². The van der Waals surface area contributed by atoms with Crippen LogP contribution >= 0.6 is 0 Å². The van der Waals surface area contributed by atoms with Gasteiger partial charge in [-0.15, -0.1) is 0 Å². The van der Waals surface area contributed by atoms with Crippen molar-refractivity contribution < 1.29 is 9.53 Å². The van der Waals surface area contributed by atoms with Crippen LogP contribution in [-0.2, 0) is 9.53 Å². The van der Waals surface area contributed by atoms with Crippen molar-refractivity contribution in [2.75, 3.05) is 7.11 Å². The molecule has 0 saturated heterocycles. The first-order valence-electron chi connectivity index (χ1n) is 5.28. The minimum atomic E-state index is -0.348. The minimum absolute atomic E-state index is 0.348. The van der Waals surface area contributed by atoms with E-state index in [2.05, 4.69) is 6.92 Å². The largest absolute Gasteiger partial charge is 0.465 e. The molecule has 2 radical (unpaired) electrons. The number of allylic oxidation sites excluding steroid dienone is 2. The van der Waals surface area contributed by atoms with Gasteiger partial charge in [-0.2, -0.15) is 0 Å². The highest BCUT2D eigenvalue weighted by atomic mass is 16.5. The van der Waals surface area contributed by atoms with Gasteiger partial charge in [-0.1, -0.05) is 30.5 Å². The molecule has 0 fully saturated rings. The molecule has 0 aliphatic rings. The second-order valence-corrected chi connectivity index (χ2v) is 3.49. The third-order valence-corrected chi connectivity index (χ3v) is 2.32. The molecule has 0 bridgehead atoms. The van der Waals surface area contributed by atoms with E-state index in [1.807, 2.05) is 13.8 Å². The van der Waals surface area contributed by atoms with E-state index in [4.69, 9.17) is 12.6 Å². The maximum atomic E-state index is 11.5. The number of esters is 1. The van der Waals surface area contributed by atoms with Gasteiger partial charge in [-0.25, -0.2) is 4.79 Å². The lowest BCUT2D eigenvalue weighted by molar-refractivity contribution is -0.135. The molecule has 0 rings (SSSR count). The second kappa shape index (κ2) is 7.33. The molecule has 0 aliphatic carbocycles. The molecule has 0 aromatic heterocycles. The number of ether oxygens (including phenoxy) is 1. The molecule has 0 heterocycles. The van der Waals surface area contributed by atoms with Crippen LogP contribution in [0.1, 0.15) is 40.0 Å². The summed E-state index contributed by atoms with van der Waals surface area (Å²) in [5.41, 5.74) is 2.02. The summed E-state index contributed by atoms with van der Waals surface area (Å²) in [6.07, 6.45) is 4.77. The van der Waals surface area contributed by atoms with Gasteiger partial charge in [0.2, 0.25) is 0 Å². The van der Waals surface area contributed by atoms with Gasteiger partial charge in [0, 0.05) is 0 Å². The van der Waals surface area contributed by atoms with E-state index < -0.39 is 0 Å². The quantitative estimate of drug-likeness (QED) is 0.299. The zero-order valence-electron chi connectivity index (χ0n) is 10.1. The molecular formula is C12H19BO2. The van der Waals surface area contributed by atoms with Crippen molar-refractivity contribution in [3.05, 3.63) is 22.7 Å². The Morgan fingerprint density at radius 3 is 2.47 bits per heavy atom. The van der Waals surface area contributed by atoms with Gasteiger partial charge in [0.15, 0.2) is 0 Å². The maximum absolute atomic E-state index is 11.5. The zero-order valence-corrected chi connectivity index (χ0v) is 10.1. The van der Waals surface area contributed by atoms with Crippen LogP contribution in [0.2, 0.25) is 0 Å². The van der Waals surface area contributed by atoms with E-state index in [0.29, 0.717) is 11.0 Å². The molecule has 0 aromatic carbocycles. The van der Waals surface area contributed by atoms with Gasteiger partial charge in [0.1, 0.15) is 7.85 Å². The Balaban J connectivity index is 4.98. The Morgan fingerprint density at radius 1 is 1.47 bits per heavy atom. The van der Waals surface area contributed by atoms with E-state index in [0.717, 1.165) is 24.8 Å². The summed E-state index contributed by atoms with van der Waals surface area (Å²) in [4.78, 5) is 11.5. The Labute approximate surface area is 93.8 Å². The molecule has 2 nitrogen and oxygen atoms in total. The topological polar surface area (TPSA) is 26.3 Å². The van der Waals surface area contributed by atoms with Gasteiger partial charge in [0.25, 0.3) is 0 Å². The van der Waals surface area contributed by atoms with E-state index in [1.165, 1.54) is 7.11 Å². The summed E-state index contributed by atoms with van der Waals surface area (Å²) < 4.78 is 4.72. The summed E-state index contributed by atoms with van der Waals surface area (Å²) in [6, 6.07) is 0. The van der Waals surface area contributed by atoms with Gasteiger partial charge in [-0.3, -0.25) is 0 Å². The van der Waals surface area contributed by atoms with Crippen LogP contribution in [0.5, 0.6) is 0 Å². The number of hydrogen-bond donors (Lipinski definition) is 0. The van der Waals surface area contributed by atoms with Crippen LogP contribution in [0.3, 0.4) is 0 Å². The molecular weight excluding hydrogens is 187 g/mol. The van der Waals surface area contributed by atoms with Crippen molar-refractivity contribution in [2.45, 2.75) is 40.0 Å². The van der Waals surface area contributed by atoms with Crippen LogP contribution in [0.25, 0.3) is 0 Å². The van der Waals surface area contributed by atoms with E-state index >= 15 is 0 Å². The lowest BCUT2D eigenvalue weighted by Crippen LogP contribution is -2.10. The lowest BCUT2D eigenvalue weighted by Gasteiger charge is -2.11. The fourth-order valence-electron chi connectivity index (χ4n) is 1.35. The Bertz CT molecular complexity index is 277. The van der Waals surface area contributed by atoms with Gasteiger partial charge >= 0.3 is 5.97 Å². The Hall–Kier alpha value is -0.985. The molecule has 0 aromatic rings. The van der Waals surface area contributed by atoms with Crippen LogP contribution in [0, 0.1) is 0 Å². The average molecular weight is 206 g/mol. The third-order valence-electron chi connectivity index (χ3n) is 2.32. The number of rotatable bonds is 5. The Kier molecular flexibility index (Phi) is 6.84. The molecule has 0 atom stereocenters. The van der Waals surface area contributed by atoms with Crippen LogP contribution in [0.4, 0.5) is 0 Å². The molecule has 0 spiro atoms. The molecule has 15 heavy (non-hydrogen) atoms. The minimum Gasteiger partial charge on any atom is -0.465 e. The highest BCUT2D eigenvalue weighted by molar-refractivity contribution is 6.28. The highest BCUT2D eigenvalue weighted by Gasteiger charge is 2.13. The maximum Gasteiger partial charge on any atom is 0.337 e. The van der Waals surface area contributed by atoms with Gasteiger partial charge < -0.3 is 4.74 Å². The first-order chi connectivity index (χ1) is 7.08. The standard InChI is InChI=1S/C12H19BO2/c1-5-7-8-9(3)11(10(13)6-2)12(14)15-4/h6H,5,7-8H2,1-4H3/b10-6+,11-9-. The number of carbonyl (C=O) groups excluding carboxylic acids is 1. The van der Waals surface area contributed by atoms with Crippen molar-refractivity contribution in [2.24, 2.45) is 0 Å². The van der Waals surface area contributed by atoms with E-state index in [9.17, 15) is 4.79 Å². The normalized spacial score (nSPS) is 13.5. The summed E-state index contributed by atoms with van der Waals surface area (Å²) in [7, 11) is 7.14. The number of unbranched alkanes of at least 4 members (excludes halogenated alkanes) is 1. The van der Waals surface area contributed by atoms with Crippen molar-refractivity contribution in [1.82, 2.24) is 0 Å². The first kappa shape index (κ1) is 14.0. The summed E-state index contributed by atoms with van der Waals surface area (Å²) in [6.45, 7) is 5.85. The second-order valence-electron chi connectivity index (χ2n) is 3.49. The zero-order chi connectivity index (χ0) is 11.8. The Morgan fingerprint density at radius 2 is 2.07 bits per heavy atom. The van der Waals surface area contributed by atoms with Crippen molar-refractivity contribution >= 4 is 13.8 Å². The summed E-state index contributed by atoms with van der Waals surface area (Å²) in [5.74, 6) is -0.348. The van der Waals surface area contributed by atoms with Crippen molar-refractivity contribution in [3.8, 4) is 0 Å². The predicted molar refractivity (Wildman–Crippen MR) is 63.8 cm³/mol. The fourth-order valence-corrected chi connectivity index (χ4v) is 1.35.